The third-order valence-corrected chi connectivity index (χ3v) is 2.81. The molecule has 1 rings (SSSR count). The Morgan fingerprint density at radius 1 is 1.17 bits per heavy atom. The van der Waals surface area contributed by atoms with Gasteiger partial charge >= 0.3 is 6.18 Å². The molecule has 0 amide bonds. The summed E-state index contributed by atoms with van der Waals surface area (Å²) in [6.45, 7) is 1.88. The van der Waals surface area contributed by atoms with Crippen molar-refractivity contribution in [3.63, 3.8) is 0 Å². The first-order chi connectivity index (χ1) is 7.97. The number of hydrogen-bond donors (Lipinski definition) is 2. The van der Waals surface area contributed by atoms with E-state index >= 15 is 0 Å². The smallest absolute Gasteiger partial charge is 0.381 e. The van der Waals surface area contributed by atoms with Crippen LogP contribution in [-0.4, -0.2) is 16.9 Å². The molecule has 0 saturated carbocycles. The van der Waals surface area contributed by atoms with Crippen LogP contribution in [0.3, 0.4) is 0 Å². The molecule has 2 unspecified atom stereocenters. The summed E-state index contributed by atoms with van der Waals surface area (Å²) < 4.78 is 51.3. The van der Waals surface area contributed by atoms with Gasteiger partial charge in [0.05, 0.1) is 0 Å². The molecule has 0 fully saturated rings. The molecule has 0 bridgehead atoms. The van der Waals surface area contributed by atoms with E-state index in [4.69, 9.17) is 5.73 Å². The lowest BCUT2D eigenvalue weighted by Crippen LogP contribution is -2.50. The number of aliphatic hydroxyl groups is 1. The highest BCUT2D eigenvalue weighted by Gasteiger charge is 2.52. The zero-order valence-corrected chi connectivity index (χ0v) is 10.1. The summed E-state index contributed by atoms with van der Waals surface area (Å²) in [4.78, 5) is 0. The average molecular weight is 265 g/mol. The molecule has 1 aromatic rings. The maximum Gasteiger partial charge on any atom is 0.416 e. The lowest BCUT2D eigenvalue weighted by Gasteiger charge is -2.35. The summed E-state index contributed by atoms with van der Waals surface area (Å²) in [5, 5.41) is 9.41. The van der Waals surface area contributed by atoms with E-state index in [1.165, 1.54) is 25.1 Å². The van der Waals surface area contributed by atoms with Crippen LogP contribution in [0.2, 0.25) is 0 Å². The van der Waals surface area contributed by atoms with Gasteiger partial charge in [-0.05, 0) is 19.9 Å². The van der Waals surface area contributed by atoms with Gasteiger partial charge in [0, 0.05) is 17.5 Å². The largest absolute Gasteiger partial charge is 0.416 e. The van der Waals surface area contributed by atoms with Crippen molar-refractivity contribution < 1.29 is 22.7 Å². The third kappa shape index (κ3) is 3.00. The Morgan fingerprint density at radius 3 is 2.11 bits per heavy atom. The fourth-order valence-corrected chi connectivity index (χ4v) is 1.83. The van der Waals surface area contributed by atoms with Gasteiger partial charge in [0.2, 0.25) is 0 Å². The minimum atomic E-state index is -4.82. The Hall–Kier alpha value is -1.14. The number of nitrogens with two attached hydrogens (primary N) is 1. The lowest BCUT2D eigenvalue weighted by molar-refractivity contribution is -0.259. The van der Waals surface area contributed by atoms with Crippen molar-refractivity contribution in [1.82, 2.24) is 0 Å². The highest BCUT2D eigenvalue weighted by Crippen LogP contribution is 2.38. The molecule has 18 heavy (non-hydrogen) atoms. The molecule has 2 nitrogen and oxygen atoms in total. The molecule has 0 aliphatic heterocycles. The fraction of sp³-hybridized carbons (Fsp3) is 0.500. The monoisotopic (exact) mass is 265 g/mol. The average Bonchev–Trinajstić information content (AvgIpc) is 2.14. The van der Waals surface area contributed by atoms with Crippen LogP contribution in [0.4, 0.5) is 17.6 Å². The Balaban J connectivity index is 3.06. The Morgan fingerprint density at radius 2 is 1.67 bits per heavy atom. The van der Waals surface area contributed by atoms with Crippen LogP contribution in [0, 0.1) is 5.82 Å². The first-order valence-corrected chi connectivity index (χ1v) is 5.30. The molecule has 0 spiro atoms. The molecule has 102 valence electrons. The highest BCUT2D eigenvalue weighted by atomic mass is 19.4. The first-order valence-electron chi connectivity index (χ1n) is 5.30. The van der Waals surface area contributed by atoms with Gasteiger partial charge in [-0.15, -0.1) is 0 Å². The predicted molar refractivity (Wildman–Crippen MR) is 59.2 cm³/mol. The summed E-state index contributed by atoms with van der Waals surface area (Å²) in [5.41, 5.74) is 1.07. The minimum Gasteiger partial charge on any atom is -0.381 e. The topological polar surface area (TPSA) is 46.2 Å². The van der Waals surface area contributed by atoms with Crippen molar-refractivity contribution in [2.24, 2.45) is 5.73 Å². The number of alkyl halides is 3. The maximum atomic E-state index is 13.5. The molecule has 0 heterocycles. The molecular formula is C12H15F4NO. The van der Waals surface area contributed by atoms with Gasteiger partial charge in [-0.1, -0.05) is 18.2 Å². The molecular weight excluding hydrogens is 250 g/mol. The molecule has 2 atom stereocenters. The molecule has 6 heteroatoms. The van der Waals surface area contributed by atoms with Gasteiger partial charge in [0.25, 0.3) is 0 Å². The zero-order chi connectivity index (χ0) is 14.2. The SMILES string of the molecule is CC(N)(CC(C)(O)C(F)(F)F)c1ccccc1F. The van der Waals surface area contributed by atoms with E-state index in [1.807, 2.05) is 0 Å². The van der Waals surface area contributed by atoms with Crippen LogP contribution < -0.4 is 5.73 Å². The zero-order valence-electron chi connectivity index (χ0n) is 10.1. The van der Waals surface area contributed by atoms with E-state index in [-0.39, 0.29) is 5.56 Å². The van der Waals surface area contributed by atoms with Crippen LogP contribution in [0.1, 0.15) is 25.8 Å². The highest BCUT2D eigenvalue weighted by molar-refractivity contribution is 5.25. The molecule has 0 aromatic heterocycles. The molecule has 1 aromatic carbocycles. The second-order valence-corrected chi connectivity index (χ2v) is 4.85. The van der Waals surface area contributed by atoms with E-state index in [0.29, 0.717) is 6.92 Å². The minimum absolute atomic E-state index is 0.0606. The Labute approximate surface area is 102 Å². The second kappa shape index (κ2) is 4.51. The van der Waals surface area contributed by atoms with Gasteiger partial charge < -0.3 is 10.8 Å². The summed E-state index contributed by atoms with van der Waals surface area (Å²) in [6, 6.07) is 5.31. The fourth-order valence-electron chi connectivity index (χ4n) is 1.83. The number of halogens is 4. The number of rotatable bonds is 3. The molecule has 3 N–H and O–H groups in total. The third-order valence-electron chi connectivity index (χ3n) is 2.81. The van der Waals surface area contributed by atoms with E-state index in [9.17, 15) is 22.7 Å². The molecule has 0 radical (unpaired) electrons. The van der Waals surface area contributed by atoms with Crippen LogP contribution >= 0.6 is 0 Å². The summed E-state index contributed by atoms with van der Waals surface area (Å²) in [5.74, 6) is -0.694. The van der Waals surface area contributed by atoms with Crippen molar-refractivity contribution in [2.75, 3.05) is 0 Å². The van der Waals surface area contributed by atoms with Gasteiger partial charge in [-0.2, -0.15) is 13.2 Å². The van der Waals surface area contributed by atoms with E-state index in [1.54, 1.807) is 0 Å². The van der Waals surface area contributed by atoms with Gasteiger partial charge in [0.1, 0.15) is 5.82 Å². The van der Waals surface area contributed by atoms with Crippen molar-refractivity contribution in [3.8, 4) is 0 Å². The normalized spacial score (nSPS) is 19.1. The standard InChI is InChI=1S/C12H15F4NO/c1-10(17,7-11(2,18)12(14,15)16)8-5-3-4-6-9(8)13/h3-6,18H,7,17H2,1-2H3. The number of benzene rings is 1. The van der Waals surface area contributed by atoms with Crippen LogP contribution in [0.5, 0.6) is 0 Å². The van der Waals surface area contributed by atoms with E-state index in [0.717, 1.165) is 6.07 Å². The predicted octanol–water partition coefficient (Wildman–Crippen LogP) is 2.70. The van der Waals surface area contributed by atoms with Crippen molar-refractivity contribution in [1.29, 1.82) is 0 Å². The lowest BCUT2D eigenvalue weighted by atomic mass is 9.81. The van der Waals surface area contributed by atoms with Crippen LogP contribution in [0.15, 0.2) is 24.3 Å². The second-order valence-electron chi connectivity index (χ2n) is 4.85. The van der Waals surface area contributed by atoms with Crippen LogP contribution in [0.25, 0.3) is 0 Å². The van der Waals surface area contributed by atoms with Crippen molar-refractivity contribution in [2.45, 2.75) is 37.6 Å². The summed E-state index contributed by atoms with van der Waals surface area (Å²) in [7, 11) is 0. The number of hydrogen-bond acceptors (Lipinski definition) is 2. The first kappa shape index (κ1) is 14.9. The summed E-state index contributed by atoms with van der Waals surface area (Å²) in [6.07, 6.45) is -5.65. The molecule has 0 saturated heterocycles. The van der Waals surface area contributed by atoms with Gasteiger partial charge in [-0.3, -0.25) is 0 Å². The van der Waals surface area contributed by atoms with Crippen LogP contribution in [-0.2, 0) is 5.54 Å². The molecule has 0 aliphatic rings. The van der Waals surface area contributed by atoms with Crippen molar-refractivity contribution >= 4 is 0 Å². The maximum absolute atomic E-state index is 13.5. The van der Waals surface area contributed by atoms with E-state index < -0.39 is 29.6 Å². The summed E-state index contributed by atoms with van der Waals surface area (Å²) >= 11 is 0. The Kier molecular flexibility index (Phi) is 3.74. The van der Waals surface area contributed by atoms with Gasteiger partial charge in [0.15, 0.2) is 5.60 Å². The van der Waals surface area contributed by atoms with E-state index in [2.05, 4.69) is 0 Å². The quantitative estimate of drug-likeness (QED) is 0.825. The molecule has 0 aliphatic carbocycles. The Bertz CT molecular complexity index is 426. The van der Waals surface area contributed by atoms with Gasteiger partial charge in [-0.25, -0.2) is 4.39 Å². The van der Waals surface area contributed by atoms with Crippen molar-refractivity contribution in [3.05, 3.63) is 35.6 Å².